The van der Waals surface area contributed by atoms with Crippen LogP contribution in [-0.2, 0) is 6.42 Å². The zero-order valence-electron chi connectivity index (χ0n) is 16.3. The average Bonchev–Trinajstić information content (AvgIpc) is 2.63. The molecule has 5 heteroatoms. The number of nitrogens with one attached hydrogen (secondary N) is 1. The van der Waals surface area contributed by atoms with E-state index in [1.807, 2.05) is 52.0 Å². The molecular weight excluding hydrogens is 336 g/mol. The van der Waals surface area contributed by atoms with E-state index in [1.165, 1.54) is 5.56 Å². The first-order valence-electron chi connectivity index (χ1n) is 9.09. The molecular formula is C22H26N4O. The number of hydrogen-bond donors (Lipinski definition) is 2. The number of aromatic nitrogens is 2. The molecule has 0 aliphatic carbocycles. The standard InChI is InChI=1S/C22H26N4O/c1-14-11-19(23)12-15(2)21(14)27-20-7-5-18(6-8-20)9-10-24-22-16(3)17(4)25-13-26-22/h5-8,11-13H,9-10,23H2,1-4H3,(H,24,25,26). The van der Waals surface area contributed by atoms with Crippen LogP contribution in [0.25, 0.3) is 0 Å². The second-order valence-electron chi connectivity index (χ2n) is 6.84. The maximum absolute atomic E-state index is 6.06. The van der Waals surface area contributed by atoms with Gasteiger partial charge in [-0.3, -0.25) is 0 Å². The van der Waals surface area contributed by atoms with Crippen LogP contribution in [-0.4, -0.2) is 16.5 Å². The lowest BCUT2D eigenvalue weighted by molar-refractivity contribution is 0.475. The van der Waals surface area contributed by atoms with Crippen LogP contribution >= 0.6 is 0 Å². The van der Waals surface area contributed by atoms with Gasteiger partial charge in [0.1, 0.15) is 23.6 Å². The number of rotatable bonds is 6. The van der Waals surface area contributed by atoms with Crippen LogP contribution in [0.1, 0.15) is 27.9 Å². The number of anilines is 2. The molecule has 0 saturated heterocycles. The Morgan fingerprint density at radius 1 is 0.963 bits per heavy atom. The summed E-state index contributed by atoms with van der Waals surface area (Å²) < 4.78 is 6.06. The van der Waals surface area contributed by atoms with Crippen LogP contribution in [0.5, 0.6) is 11.5 Å². The molecule has 0 radical (unpaired) electrons. The van der Waals surface area contributed by atoms with Crippen molar-refractivity contribution in [2.75, 3.05) is 17.6 Å². The fourth-order valence-corrected chi connectivity index (χ4v) is 3.03. The van der Waals surface area contributed by atoms with Crippen molar-refractivity contribution in [1.29, 1.82) is 0 Å². The monoisotopic (exact) mass is 362 g/mol. The van der Waals surface area contributed by atoms with Gasteiger partial charge in [0.2, 0.25) is 0 Å². The number of benzene rings is 2. The highest BCUT2D eigenvalue weighted by atomic mass is 16.5. The Morgan fingerprint density at radius 2 is 1.63 bits per heavy atom. The summed E-state index contributed by atoms with van der Waals surface area (Å²) in [5, 5.41) is 3.38. The third kappa shape index (κ3) is 4.56. The maximum Gasteiger partial charge on any atom is 0.133 e. The Hall–Kier alpha value is -3.08. The molecule has 0 aliphatic heterocycles. The summed E-state index contributed by atoms with van der Waals surface area (Å²) in [6.07, 6.45) is 2.50. The summed E-state index contributed by atoms with van der Waals surface area (Å²) in [4.78, 5) is 8.50. The van der Waals surface area contributed by atoms with E-state index in [4.69, 9.17) is 10.5 Å². The molecule has 0 unspecified atom stereocenters. The average molecular weight is 362 g/mol. The van der Waals surface area contributed by atoms with Crippen LogP contribution in [0.3, 0.4) is 0 Å². The number of nitrogen functional groups attached to an aromatic ring is 1. The van der Waals surface area contributed by atoms with Crippen molar-refractivity contribution in [3.8, 4) is 11.5 Å². The molecule has 0 amide bonds. The van der Waals surface area contributed by atoms with Gasteiger partial charge in [0.25, 0.3) is 0 Å². The first-order valence-corrected chi connectivity index (χ1v) is 9.09. The van der Waals surface area contributed by atoms with Crippen molar-refractivity contribution in [1.82, 2.24) is 9.97 Å². The fourth-order valence-electron chi connectivity index (χ4n) is 3.03. The summed E-state index contributed by atoms with van der Waals surface area (Å²) in [6, 6.07) is 12.1. The summed E-state index contributed by atoms with van der Waals surface area (Å²) in [5.74, 6) is 2.59. The molecule has 0 aliphatic rings. The second kappa shape index (κ2) is 8.08. The summed E-state index contributed by atoms with van der Waals surface area (Å²) in [7, 11) is 0. The third-order valence-electron chi connectivity index (χ3n) is 4.67. The lowest BCUT2D eigenvalue weighted by atomic mass is 10.1. The molecule has 27 heavy (non-hydrogen) atoms. The number of nitrogens with zero attached hydrogens (tertiary/aromatic N) is 2. The van der Waals surface area contributed by atoms with Crippen molar-refractivity contribution >= 4 is 11.5 Å². The Bertz CT molecular complexity index is 913. The SMILES string of the molecule is Cc1cc(N)cc(C)c1Oc1ccc(CCNc2ncnc(C)c2C)cc1. The van der Waals surface area contributed by atoms with Gasteiger partial charge in [-0.25, -0.2) is 9.97 Å². The van der Waals surface area contributed by atoms with Crippen LogP contribution in [0.15, 0.2) is 42.7 Å². The van der Waals surface area contributed by atoms with E-state index >= 15 is 0 Å². The topological polar surface area (TPSA) is 73.1 Å². The van der Waals surface area contributed by atoms with Gasteiger partial charge in [-0.2, -0.15) is 0 Å². The quantitative estimate of drug-likeness (QED) is 0.620. The minimum Gasteiger partial charge on any atom is -0.457 e. The highest BCUT2D eigenvalue weighted by molar-refractivity contribution is 5.53. The lowest BCUT2D eigenvalue weighted by Crippen LogP contribution is -2.08. The van der Waals surface area contributed by atoms with Crippen LogP contribution < -0.4 is 15.8 Å². The van der Waals surface area contributed by atoms with Gasteiger partial charge in [-0.15, -0.1) is 0 Å². The Balaban J connectivity index is 1.60. The normalized spacial score (nSPS) is 10.7. The molecule has 0 spiro atoms. The molecule has 3 rings (SSSR count). The van der Waals surface area contributed by atoms with E-state index in [1.54, 1.807) is 6.33 Å². The van der Waals surface area contributed by atoms with E-state index < -0.39 is 0 Å². The minimum absolute atomic E-state index is 0.759. The van der Waals surface area contributed by atoms with E-state index in [9.17, 15) is 0 Å². The highest BCUT2D eigenvalue weighted by Gasteiger charge is 2.07. The van der Waals surface area contributed by atoms with Gasteiger partial charge in [-0.1, -0.05) is 12.1 Å². The third-order valence-corrected chi connectivity index (χ3v) is 4.67. The molecule has 5 nitrogen and oxygen atoms in total. The Labute approximate surface area is 160 Å². The van der Waals surface area contributed by atoms with E-state index in [-0.39, 0.29) is 0 Å². The minimum atomic E-state index is 0.759. The van der Waals surface area contributed by atoms with Crippen molar-refractivity contribution in [2.45, 2.75) is 34.1 Å². The first-order chi connectivity index (χ1) is 12.9. The molecule has 3 aromatic rings. The molecule has 2 aromatic carbocycles. The molecule has 3 N–H and O–H groups in total. The van der Waals surface area contributed by atoms with Gasteiger partial charge in [0.15, 0.2) is 0 Å². The molecule has 1 aromatic heterocycles. The predicted octanol–water partition coefficient (Wildman–Crippen LogP) is 4.74. The van der Waals surface area contributed by atoms with Gasteiger partial charge in [-0.05, 0) is 75.1 Å². The van der Waals surface area contributed by atoms with Gasteiger partial charge in [0.05, 0.1) is 0 Å². The Kier molecular flexibility index (Phi) is 5.60. The highest BCUT2D eigenvalue weighted by Crippen LogP contribution is 2.30. The van der Waals surface area contributed by atoms with Crippen LogP contribution in [0.2, 0.25) is 0 Å². The number of hydrogen-bond acceptors (Lipinski definition) is 5. The van der Waals surface area contributed by atoms with Crippen molar-refractivity contribution in [2.24, 2.45) is 0 Å². The van der Waals surface area contributed by atoms with E-state index in [2.05, 4.69) is 27.4 Å². The van der Waals surface area contributed by atoms with Crippen LogP contribution in [0.4, 0.5) is 11.5 Å². The molecule has 0 saturated carbocycles. The maximum atomic E-state index is 6.06. The fraction of sp³-hybridized carbons (Fsp3) is 0.273. The second-order valence-corrected chi connectivity index (χ2v) is 6.84. The molecule has 140 valence electrons. The van der Waals surface area contributed by atoms with Crippen molar-refractivity contribution in [3.63, 3.8) is 0 Å². The number of ether oxygens (including phenoxy) is 1. The molecule has 0 fully saturated rings. The molecule has 1 heterocycles. The van der Waals surface area contributed by atoms with Crippen molar-refractivity contribution in [3.05, 3.63) is 70.7 Å². The van der Waals surface area contributed by atoms with Gasteiger partial charge in [0, 0.05) is 23.5 Å². The molecule has 0 bridgehead atoms. The Morgan fingerprint density at radius 3 is 2.30 bits per heavy atom. The largest absolute Gasteiger partial charge is 0.457 e. The lowest BCUT2D eigenvalue weighted by Gasteiger charge is -2.13. The number of nitrogens with two attached hydrogens (primary N) is 1. The van der Waals surface area contributed by atoms with Gasteiger partial charge >= 0.3 is 0 Å². The summed E-state index contributed by atoms with van der Waals surface area (Å²) in [6.45, 7) is 8.86. The zero-order chi connectivity index (χ0) is 19.4. The first kappa shape index (κ1) is 18.7. The smallest absolute Gasteiger partial charge is 0.133 e. The van der Waals surface area contributed by atoms with Crippen molar-refractivity contribution < 1.29 is 4.74 Å². The zero-order valence-corrected chi connectivity index (χ0v) is 16.3. The van der Waals surface area contributed by atoms with Gasteiger partial charge < -0.3 is 15.8 Å². The molecule has 0 atom stereocenters. The van der Waals surface area contributed by atoms with E-state index in [0.717, 1.165) is 58.4 Å². The summed E-state index contributed by atoms with van der Waals surface area (Å²) >= 11 is 0. The van der Waals surface area contributed by atoms with Crippen LogP contribution in [0, 0.1) is 27.7 Å². The summed E-state index contributed by atoms with van der Waals surface area (Å²) in [5.41, 5.74) is 12.0. The predicted molar refractivity (Wildman–Crippen MR) is 111 cm³/mol. The number of aryl methyl sites for hydroxylation is 3. The van der Waals surface area contributed by atoms with E-state index in [0.29, 0.717) is 0 Å².